The molecule has 0 spiro atoms. The molecule has 0 radical (unpaired) electrons. The van der Waals surface area contributed by atoms with Gasteiger partial charge in [-0.05, 0) is 0 Å². The third-order valence-corrected chi connectivity index (χ3v) is 0.414. The van der Waals surface area contributed by atoms with E-state index < -0.39 is 16.1 Å². The van der Waals surface area contributed by atoms with Gasteiger partial charge in [-0.2, -0.15) is 8.42 Å². The van der Waals surface area contributed by atoms with Gasteiger partial charge in [0.2, 0.25) is 6.01 Å². The maximum absolute atomic E-state index is 10.7. The van der Waals surface area contributed by atoms with Crippen LogP contribution in [0.5, 0.6) is 0 Å². The van der Waals surface area contributed by atoms with Gasteiger partial charge in [0.05, 0.1) is 0 Å². The van der Waals surface area contributed by atoms with Crippen LogP contribution in [-0.4, -0.2) is 19.0 Å². The number of rotatable bonds is 1. The molecule has 40 valence electrons. The zero-order chi connectivity index (χ0) is 5.21. The predicted molar refractivity (Wildman–Crippen MR) is 18.6 cm³/mol. The summed E-state index contributed by atoms with van der Waals surface area (Å²) in [6.07, 6.45) is 0. The molecule has 1 N–H and O–H groups in total. The Morgan fingerprint density at radius 3 is 1.86 bits per heavy atom. The van der Waals surface area contributed by atoms with Crippen molar-refractivity contribution in [2.75, 3.05) is 6.01 Å². The summed E-state index contributed by atoms with van der Waals surface area (Å²) in [6.45, 7) is 0. The third kappa shape index (κ3) is 11.4. The number of hydrogen-bond donors (Lipinski definition) is 1. The Bertz CT molecular complexity index is 121. The summed E-state index contributed by atoms with van der Waals surface area (Å²) in [5.74, 6) is 0. The third-order valence-electron chi connectivity index (χ3n) is 0.138. The Morgan fingerprint density at radius 2 is 1.86 bits per heavy atom. The van der Waals surface area contributed by atoms with Gasteiger partial charge in [0.1, 0.15) is 0 Å². The van der Waals surface area contributed by atoms with Crippen LogP contribution in [0.15, 0.2) is 0 Å². The van der Waals surface area contributed by atoms with E-state index in [1.54, 1.807) is 0 Å². The fraction of sp³-hybridized carbons (Fsp3) is 1.00. The van der Waals surface area contributed by atoms with Crippen LogP contribution in [-0.2, 0) is 10.1 Å². The van der Waals surface area contributed by atoms with Crippen LogP contribution in [0.4, 0.5) is 4.39 Å². The first-order valence-electron chi connectivity index (χ1n) is 1.07. The number of alkyl halides is 1. The van der Waals surface area contributed by atoms with Gasteiger partial charge >= 0.3 is 68.9 Å². The van der Waals surface area contributed by atoms with Crippen molar-refractivity contribution < 1.29 is 87.7 Å². The van der Waals surface area contributed by atoms with Gasteiger partial charge in [0, 0.05) is 0 Å². The topological polar surface area (TPSA) is 54.4 Å². The molecule has 0 aromatic heterocycles. The maximum Gasteiger partial charge on any atom is 1.00 e. The second kappa shape index (κ2) is 4.74. The summed E-state index contributed by atoms with van der Waals surface area (Å²) in [5, 5.41) is 0. The minimum Gasteiger partial charge on any atom is -1.00 e. The van der Waals surface area contributed by atoms with E-state index in [1.165, 1.54) is 0 Å². The van der Waals surface area contributed by atoms with Gasteiger partial charge in [0.25, 0.3) is 10.1 Å². The van der Waals surface area contributed by atoms with E-state index in [1.807, 2.05) is 0 Å². The average Bonchev–Trinajstić information content (AvgIpc) is 1.35. The van der Waals surface area contributed by atoms with Crippen molar-refractivity contribution in [1.82, 2.24) is 0 Å². The molecule has 7 heavy (non-hydrogen) atoms. The standard InChI is InChI=1S/CH3FO3S.Cs.H/c2-1-6(3,4)5;;/h1H2,(H,3,4,5);;/q;+1;-1. The van der Waals surface area contributed by atoms with Crippen molar-refractivity contribution in [3.63, 3.8) is 0 Å². The predicted octanol–water partition coefficient (Wildman–Crippen LogP) is -3.08. The molecule has 0 unspecified atom stereocenters. The monoisotopic (exact) mass is 248 g/mol. The van der Waals surface area contributed by atoms with E-state index in [0.717, 1.165) is 0 Å². The molecule has 0 aliphatic carbocycles. The van der Waals surface area contributed by atoms with Gasteiger partial charge in [0.15, 0.2) is 0 Å². The maximum atomic E-state index is 10.7. The second-order valence-corrected chi connectivity index (χ2v) is 2.07. The first kappa shape index (κ1) is 11.7. The molecule has 0 bridgehead atoms. The van der Waals surface area contributed by atoms with E-state index >= 15 is 0 Å². The Balaban J connectivity index is -0.000000125. The van der Waals surface area contributed by atoms with Crippen LogP contribution >= 0.6 is 0 Å². The van der Waals surface area contributed by atoms with E-state index in [2.05, 4.69) is 0 Å². The molecular weight excluding hydrogens is 244 g/mol. The van der Waals surface area contributed by atoms with Crippen molar-refractivity contribution in [2.24, 2.45) is 0 Å². The van der Waals surface area contributed by atoms with E-state index in [-0.39, 0.29) is 70.3 Å². The van der Waals surface area contributed by atoms with E-state index in [9.17, 15) is 12.8 Å². The van der Waals surface area contributed by atoms with Gasteiger partial charge in [-0.15, -0.1) is 0 Å². The van der Waals surface area contributed by atoms with Crippen LogP contribution < -0.4 is 68.9 Å². The van der Waals surface area contributed by atoms with Crippen molar-refractivity contribution in [2.45, 2.75) is 0 Å². The molecule has 0 atom stereocenters. The van der Waals surface area contributed by atoms with Crippen molar-refractivity contribution in [3.8, 4) is 0 Å². The Kier molecular flexibility index (Phi) is 7.90. The summed E-state index contributed by atoms with van der Waals surface area (Å²) >= 11 is 0. The van der Waals surface area contributed by atoms with Crippen LogP contribution in [0.3, 0.4) is 0 Å². The average molecular weight is 248 g/mol. The summed E-state index contributed by atoms with van der Waals surface area (Å²) in [4.78, 5) is 0. The smallest absolute Gasteiger partial charge is 1.00 e. The zero-order valence-corrected chi connectivity index (χ0v) is 10.9. The van der Waals surface area contributed by atoms with E-state index in [0.29, 0.717) is 0 Å². The minimum absolute atomic E-state index is 0. The van der Waals surface area contributed by atoms with Crippen LogP contribution in [0, 0.1) is 0 Å². The number of hydrogen-bond acceptors (Lipinski definition) is 2. The largest absolute Gasteiger partial charge is 1.00 e. The molecule has 0 aromatic rings. The number of halogens is 1. The molecule has 0 amide bonds. The van der Waals surface area contributed by atoms with Crippen molar-refractivity contribution in [3.05, 3.63) is 0 Å². The molecule has 0 aromatic carbocycles. The summed E-state index contributed by atoms with van der Waals surface area (Å²) in [5.41, 5.74) is 0. The van der Waals surface area contributed by atoms with Gasteiger partial charge in [-0.25, -0.2) is 4.39 Å². The molecule has 6 heteroatoms. The second-order valence-electron chi connectivity index (χ2n) is 0.691. The fourth-order valence-corrected chi connectivity index (χ4v) is 0. The van der Waals surface area contributed by atoms with Gasteiger partial charge in [-0.1, -0.05) is 0 Å². The van der Waals surface area contributed by atoms with Crippen molar-refractivity contribution >= 4 is 10.1 Å². The normalized spacial score (nSPS) is 10.0. The van der Waals surface area contributed by atoms with Gasteiger partial charge in [-0.3, -0.25) is 4.55 Å². The zero-order valence-electron chi connectivity index (χ0n) is 4.76. The molecule has 3 nitrogen and oxygen atoms in total. The van der Waals surface area contributed by atoms with E-state index in [4.69, 9.17) is 4.55 Å². The molecule has 0 aliphatic heterocycles. The Morgan fingerprint density at radius 1 is 1.71 bits per heavy atom. The Labute approximate surface area is 101 Å². The minimum atomic E-state index is -4.33. The SMILES string of the molecule is O=S(=O)(O)CF.[Cs+].[H-]. The van der Waals surface area contributed by atoms with Crippen molar-refractivity contribution in [1.29, 1.82) is 0 Å². The molecule has 0 fully saturated rings. The summed E-state index contributed by atoms with van der Waals surface area (Å²) in [6, 6.07) is -1.70. The van der Waals surface area contributed by atoms with Gasteiger partial charge < -0.3 is 1.43 Å². The molecular formula is CH4CsFO3S. The quantitative estimate of drug-likeness (QED) is 0.501. The van der Waals surface area contributed by atoms with Crippen LogP contribution in [0.1, 0.15) is 1.43 Å². The van der Waals surface area contributed by atoms with Crippen LogP contribution in [0.25, 0.3) is 0 Å². The molecule has 0 heterocycles. The summed E-state index contributed by atoms with van der Waals surface area (Å²) in [7, 11) is -4.33. The van der Waals surface area contributed by atoms with Crippen LogP contribution in [0.2, 0.25) is 0 Å². The Hall–Kier alpha value is 1.89. The molecule has 0 saturated carbocycles. The first-order valence-corrected chi connectivity index (χ1v) is 2.68. The summed E-state index contributed by atoms with van der Waals surface area (Å²) < 4.78 is 36.4. The first-order chi connectivity index (χ1) is 2.56. The molecule has 0 rings (SSSR count). The fourth-order valence-electron chi connectivity index (χ4n) is 0. The molecule has 0 aliphatic rings. The molecule has 0 saturated heterocycles.